The molecule has 0 bridgehead atoms. The van der Waals surface area contributed by atoms with E-state index in [1.807, 2.05) is 38.1 Å². The zero-order chi connectivity index (χ0) is 23.0. The predicted molar refractivity (Wildman–Crippen MR) is 128 cm³/mol. The Morgan fingerprint density at radius 3 is 2.25 bits per heavy atom. The molecule has 1 heterocycles. The van der Waals surface area contributed by atoms with Crippen molar-refractivity contribution in [2.75, 3.05) is 17.3 Å². The molecule has 2 amide bonds. The Morgan fingerprint density at radius 2 is 1.59 bits per heavy atom. The molecule has 0 saturated carbocycles. The van der Waals surface area contributed by atoms with E-state index in [4.69, 9.17) is 27.9 Å². The van der Waals surface area contributed by atoms with E-state index in [9.17, 15) is 9.59 Å². The minimum atomic E-state index is -0.470. The summed E-state index contributed by atoms with van der Waals surface area (Å²) in [4.78, 5) is 28.2. The van der Waals surface area contributed by atoms with Crippen LogP contribution < -0.4 is 15.0 Å². The molecular formula is C25H20Cl2N2O3. The van der Waals surface area contributed by atoms with Crippen LogP contribution >= 0.6 is 23.2 Å². The van der Waals surface area contributed by atoms with E-state index in [1.54, 1.807) is 36.4 Å². The fourth-order valence-corrected chi connectivity index (χ4v) is 3.99. The molecule has 32 heavy (non-hydrogen) atoms. The first kappa shape index (κ1) is 21.9. The van der Waals surface area contributed by atoms with Gasteiger partial charge >= 0.3 is 0 Å². The number of imide groups is 1. The summed E-state index contributed by atoms with van der Waals surface area (Å²) in [6.07, 6.45) is 0. The largest absolute Gasteiger partial charge is 0.495 e. The van der Waals surface area contributed by atoms with Crippen molar-refractivity contribution >= 4 is 52.0 Å². The van der Waals surface area contributed by atoms with E-state index < -0.39 is 11.8 Å². The van der Waals surface area contributed by atoms with Crippen LogP contribution in [0.3, 0.4) is 0 Å². The number of amides is 2. The second kappa shape index (κ2) is 8.69. The van der Waals surface area contributed by atoms with Gasteiger partial charge in [-0.25, -0.2) is 4.90 Å². The van der Waals surface area contributed by atoms with E-state index in [0.29, 0.717) is 32.7 Å². The third-order valence-electron chi connectivity index (χ3n) is 5.26. The summed E-state index contributed by atoms with van der Waals surface area (Å²) >= 11 is 12.4. The van der Waals surface area contributed by atoms with Gasteiger partial charge in [-0.3, -0.25) is 9.59 Å². The van der Waals surface area contributed by atoms with E-state index in [-0.39, 0.29) is 11.3 Å². The third-order valence-corrected chi connectivity index (χ3v) is 5.79. The highest BCUT2D eigenvalue weighted by atomic mass is 35.5. The van der Waals surface area contributed by atoms with Gasteiger partial charge in [-0.2, -0.15) is 0 Å². The first-order chi connectivity index (χ1) is 15.3. The lowest BCUT2D eigenvalue weighted by Crippen LogP contribution is -2.33. The monoisotopic (exact) mass is 466 g/mol. The molecule has 1 N–H and O–H groups in total. The number of carbonyl (C=O) groups is 2. The Bertz CT molecular complexity index is 1270. The van der Waals surface area contributed by atoms with Crippen molar-refractivity contribution < 1.29 is 14.3 Å². The van der Waals surface area contributed by atoms with Gasteiger partial charge in [0.15, 0.2) is 0 Å². The number of carbonyl (C=O) groups excluding carboxylic acids is 2. The number of benzene rings is 3. The van der Waals surface area contributed by atoms with Crippen LogP contribution in [0.25, 0.3) is 5.57 Å². The van der Waals surface area contributed by atoms with Crippen molar-refractivity contribution in [3.63, 3.8) is 0 Å². The second-order valence-electron chi connectivity index (χ2n) is 7.47. The molecule has 0 aliphatic carbocycles. The second-order valence-corrected chi connectivity index (χ2v) is 8.31. The highest BCUT2D eigenvalue weighted by Gasteiger charge is 2.41. The van der Waals surface area contributed by atoms with Crippen molar-refractivity contribution in [3.8, 4) is 5.75 Å². The standard InChI is InChI=1S/C25H20Cl2N2O3/c1-14-4-7-16(8-5-14)22-23(28-18-10-11-21(32-3)19(27)13-18)25(31)29(24(22)30)20-12-17(26)9-6-15(20)2/h4-13,28H,1-3H3. The number of nitrogens with zero attached hydrogens (tertiary/aromatic N) is 1. The number of halogens is 2. The van der Waals surface area contributed by atoms with E-state index in [0.717, 1.165) is 16.0 Å². The molecule has 3 aromatic carbocycles. The zero-order valence-electron chi connectivity index (χ0n) is 17.7. The number of methoxy groups -OCH3 is 1. The smallest absolute Gasteiger partial charge is 0.282 e. The van der Waals surface area contributed by atoms with Crippen LogP contribution in [0.2, 0.25) is 10.0 Å². The SMILES string of the molecule is COc1ccc(NC2=C(c3ccc(C)cc3)C(=O)N(c3cc(Cl)ccc3C)C2=O)cc1Cl. The number of hydrogen-bond donors (Lipinski definition) is 1. The van der Waals surface area contributed by atoms with E-state index in [1.165, 1.54) is 7.11 Å². The Hall–Kier alpha value is -3.28. The fourth-order valence-electron chi connectivity index (χ4n) is 3.56. The van der Waals surface area contributed by atoms with Gasteiger partial charge in [0, 0.05) is 10.7 Å². The van der Waals surface area contributed by atoms with Crippen LogP contribution in [0.1, 0.15) is 16.7 Å². The lowest BCUT2D eigenvalue weighted by molar-refractivity contribution is -0.120. The Balaban J connectivity index is 1.84. The molecular weight excluding hydrogens is 447 g/mol. The van der Waals surface area contributed by atoms with Gasteiger partial charge < -0.3 is 10.1 Å². The summed E-state index contributed by atoms with van der Waals surface area (Å²) in [6, 6.07) is 17.6. The lowest BCUT2D eigenvalue weighted by Gasteiger charge is -2.18. The number of nitrogens with one attached hydrogen (secondary N) is 1. The van der Waals surface area contributed by atoms with Crippen molar-refractivity contribution in [1.29, 1.82) is 0 Å². The van der Waals surface area contributed by atoms with Crippen molar-refractivity contribution in [2.45, 2.75) is 13.8 Å². The topological polar surface area (TPSA) is 58.6 Å². The summed E-state index contributed by atoms with van der Waals surface area (Å²) in [5.74, 6) is -0.385. The highest BCUT2D eigenvalue weighted by molar-refractivity contribution is 6.46. The van der Waals surface area contributed by atoms with E-state index >= 15 is 0 Å². The maximum Gasteiger partial charge on any atom is 0.282 e. The lowest BCUT2D eigenvalue weighted by atomic mass is 10.0. The molecule has 0 saturated heterocycles. The van der Waals surface area contributed by atoms with Crippen molar-refractivity contribution in [3.05, 3.63) is 93.1 Å². The number of rotatable bonds is 5. The quantitative estimate of drug-likeness (QED) is 0.467. The first-order valence-electron chi connectivity index (χ1n) is 9.87. The summed E-state index contributed by atoms with van der Waals surface area (Å²) in [5.41, 5.74) is 3.89. The minimum absolute atomic E-state index is 0.166. The summed E-state index contributed by atoms with van der Waals surface area (Å²) < 4.78 is 5.20. The predicted octanol–water partition coefficient (Wildman–Crippen LogP) is 6.02. The number of anilines is 2. The molecule has 5 nitrogen and oxygen atoms in total. The third kappa shape index (κ3) is 3.97. The molecule has 0 radical (unpaired) electrons. The van der Waals surface area contributed by atoms with Gasteiger partial charge in [-0.05, 0) is 55.3 Å². The Labute approximate surface area is 196 Å². The summed E-state index contributed by atoms with van der Waals surface area (Å²) in [7, 11) is 1.52. The van der Waals surface area contributed by atoms with Gasteiger partial charge in [-0.1, -0.05) is 59.1 Å². The molecule has 0 spiro atoms. The Morgan fingerprint density at radius 1 is 0.875 bits per heavy atom. The van der Waals surface area contributed by atoms with Gasteiger partial charge in [0.05, 0.1) is 23.4 Å². The maximum atomic E-state index is 13.6. The normalized spacial score (nSPS) is 13.7. The Kier molecular flexibility index (Phi) is 5.96. The molecule has 4 rings (SSSR count). The molecule has 7 heteroatoms. The summed E-state index contributed by atoms with van der Waals surface area (Å²) in [6.45, 7) is 3.78. The highest BCUT2D eigenvalue weighted by Crippen LogP contribution is 2.37. The minimum Gasteiger partial charge on any atom is -0.495 e. The molecule has 1 aliphatic rings. The zero-order valence-corrected chi connectivity index (χ0v) is 19.2. The molecule has 0 unspecified atom stereocenters. The van der Waals surface area contributed by atoms with Crippen LogP contribution in [0.4, 0.5) is 11.4 Å². The van der Waals surface area contributed by atoms with Gasteiger partial charge in [-0.15, -0.1) is 0 Å². The van der Waals surface area contributed by atoms with E-state index in [2.05, 4.69) is 5.32 Å². The fraction of sp³-hybridized carbons (Fsp3) is 0.120. The van der Waals surface area contributed by atoms with Crippen molar-refractivity contribution in [1.82, 2.24) is 0 Å². The van der Waals surface area contributed by atoms with Crippen LogP contribution in [-0.4, -0.2) is 18.9 Å². The molecule has 0 fully saturated rings. The molecule has 1 aliphatic heterocycles. The van der Waals surface area contributed by atoms with Crippen LogP contribution in [0, 0.1) is 13.8 Å². The average Bonchev–Trinajstić information content (AvgIpc) is 3.00. The number of ether oxygens (including phenoxy) is 1. The number of aryl methyl sites for hydroxylation is 2. The van der Waals surface area contributed by atoms with Gasteiger partial charge in [0.25, 0.3) is 11.8 Å². The van der Waals surface area contributed by atoms with Gasteiger partial charge in [0.1, 0.15) is 11.4 Å². The van der Waals surface area contributed by atoms with Crippen LogP contribution in [0.15, 0.2) is 66.4 Å². The maximum absolute atomic E-state index is 13.6. The average molecular weight is 467 g/mol. The molecule has 0 aromatic heterocycles. The van der Waals surface area contributed by atoms with Crippen LogP contribution in [-0.2, 0) is 9.59 Å². The van der Waals surface area contributed by atoms with Crippen molar-refractivity contribution in [2.24, 2.45) is 0 Å². The van der Waals surface area contributed by atoms with Crippen LogP contribution in [0.5, 0.6) is 5.75 Å². The van der Waals surface area contributed by atoms with Gasteiger partial charge in [0.2, 0.25) is 0 Å². The number of hydrogen-bond acceptors (Lipinski definition) is 4. The molecule has 162 valence electrons. The molecule has 0 atom stereocenters. The molecule has 3 aromatic rings. The first-order valence-corrected chi connectivity index (χ1v) is 10.6. The summed E-state index contributed by atoms with van der Waals surface area (Å²) in [5, 5.41) is 3.92.